The topological polar surface area (TPSA) is 30.5 Å². The number of hydrogen-bond acceptors (Lipinski definition) is 4. The van der Waals surface area contributed by atoms with Gasteiger partial charge in [0.1, 0.15) is 0 Å². The zero-order valence-corrected chi connectivity index (χ0v) is 13.2. The molecule has 1 aliphatic rings. The number of thioether (sulfide) groups is 1. The highest BCUT2D eigenvalue weighted by molar-refractivity contribution is 9.10. The SMILES string of the molecule is COc1cc(Br)c(C2NC(C)CCS2)cc1OC. The van der Waals surface area contributed by atoms with Crippen molar-refractivity contribution in [3.8, 4) is 11.5 Å². The molecule has 1 fully saturated rings. The van der Waals surface area contributed by atoms with Crippen LogP contribution in [-0.4, -0.2) is 26.0 Å². The molecule has 0 saturated carbocycles. The lowest BCUT2D eigenvalue weighted by Gasteiger charge is -2.29. The first-order chi connectivity index (χ1) is 8.65. The van der Waals surface area contributed by atoms with Crippen LogP contribution in [0.15, 0.2) is 16.6 Å². The van der Waals surface area contributed by atoms with Crippen molar-refractivity contribution < 1.29 is 9.47 Å². The lowest BCUT2D eigenvalue weighted by molar-refractivity contribution is 0.354. The van der Waals surface area contributed by atoms with Gasteiger partial charge >= 0.3 is 0 Å². The Bertz CT molecular complexity index is 428. The molecule has 18 heavy (non-hydrogen) atoms. The third-order valence-corrected chi connectivity index (χ3v) is 4.94. The molecule has 0 amide bonds. The Hall–Kier alpha value is -0.390. The van der Waals surface area contributed by atoms with Crippen molar-refractivity contribution in [2.24, 2.45) is 0 Å². The number of benzene rings is 1. The maximum Gasteiger partial charge on any atom is 0.161 e. The molecular weight excluding hydrogens is 314 g/mol. The van der Waals surface area contributed by atoms with Crippen LogP contribution in [0.4, 0.5) is 0 Å². The van der Waals surface area contributed by atoms with Gasteiger partial charge in [-0.3, -0.25) is 5.32 Å². The number of rotatable bonds is 3. The van der Waals surface area contributed by atoms with Crippen LogP contribution < -0.4 is 14.8 Å². The Morgan fingerprint density at radius 2 is 1.94 bits per heavy atom. The maximum atomic E-state index is 5.37. The van der Waals surface area contributed by atoms with Gasteiger partial charge in [0.2, 0.25) is 0 Å². The largest absolute Gasteiger partial charge is 0.493 e. The summed E-state index contributed by atoms with van der Waals surface area (Å²) in [5.74, 6) is 2.71. The lowest BCUT2D eigenvalue weighted by atomic mass is 10.1. The Labute approximate surface area is 121 Å². The zero-order chi connectivity index (χ0) is 13.1. The quantitative estimate of drug-likeness (QED) is 0.917. The van der Waals surface area contributed by atoms with E-state index in [1.54, 1.807) is 14.2 Å². The summed E-state index contributed by atoms with van der Waals surface area (Å²) in [5.41, 5.74) is 1.21. The molecule has 1 saturated heterocycles. The zero-order valence-electron chi connectivity index (χ0n) is 10.8. The van der Waals surface area contributed by atoms with Crippen LogP contribution in [0.3, 0.4) is 0 Å². The van der Waals surface area contributed by atoms with Crippen molar-refractivity contribution in [1.82, 2.24) is 5.32 Å². The number of hydrogen-bond donors (Lipinski definition) is 1. The predicted molar refractivity (Wildman–Crippen MR) is 79.7 cm³/mol. The van der Waals surface area contributed by atoms with Gasteiger partial charge in [-0.05, 0) is 36.8 Å². The number of nitrogens with one attached hydrogen (secondary N) is 1. The first kappa shape index (κ1) is 14.0. The second-order valence-electron chi connectivity index (χ2n) is 4.34. The fourth-order valence-electron chi connectivity index (χ4n) is 2.00. The average Bonchev–Trinajstić information content (AvgIpc) is 2.38. The van der Waals surface area contributed by atoms with Crippen LogP contribution in [-0.2, 0) is 0 Å². The monoisotopic (exact) mass is 331 g/mol. The van der Waals surface area contributed by atoms with E-state index in [2.05, 4.69) is 28.2 Å². The molecule has 0 spiro atoms. The van der Waals surface area contributed by atoms with Crippen LogP contribution in [0.25, 0.3) is 0 Å². The normalized spacial score (nSPS) is 23.8. The Kier molecular flexibility index (Phi) is 4.81. The van der Waals surface area contributed by atoms with Gasteiger partial charge in [-0.25, -0.2) is 0 Å². The molecular formula is C13H18BrNO2S. The Balaban J connectivity index is 2.32. The molecule has 0 aliphatic carbocycles. The fourth-order valence-corrected chi connectivity index (χ4v) is 4.13. The standard InChI is InChI=1S/C13H18BrNO2S/c1-8-4-5-18-13(15-8)9-6-11(16-2)12(17-3)7-10(9)14/h6-8,13,15H,4-5H2,1-3H3. The first-order valence-corrected chi connectivity index (χ1v) is 7.79. The molecule has 2 rings (SSSR count). The van der Waals surface area contributed by atoms with E-state index in [-0.39, 0.29) is 0 Å². The molecule has 1 heterocycles. The molecule has 1 aliphatic heterocycles. The minimum atomic E-state index is 0.308. The van der Waals surface area contributed by atoms with Crippen molar-refractivity contribution in [3.63, 3.8) is 0 Å². The van der Waals surface area contributed by atoms with E-state index >= 15 is 0 Å². The lowest BCUT2D eigenvalue weighted by Crippen LogP contribution is -2.33. The molecule has 2 unspecified atom stereocenters. The highest BCUT2D eigenvalue weighted by atomic mass is 79.9. The van der Waals surface area contributed by atoms with Crippen LogP contribution in [0, 0.1) is 0 Å². The van der Waals surface area contributed by atoms with Crippen molar-refractivity contribution >= 4 is 27.7 Å². The molecule has 0 aromatic heterocycles. The molecule has 1 aromatic rings. The predicted octanol–water partition coefficient (Wildman–Crippen LogP) is 3.58. The van der Waals surface area contributed by atoms with Crippen molar-refractivity contribution in [2.75, 3.05) is 20.0 Å². The van der Waals surface area contributed by atoms with Gasteiger partial charge in [-0.1, -0.05) is 15.9 Å². The van der Waals surface area contributed by atoms with E-state index in [0.29, 0.717) is 11.4 Å². The first-order valence-electron chi connectivity index (χ1n) is 5.94. The smallest absolute Gasteiger partial charge is 0.161 e. The molecule has 2 atom stereocenters. The minimum absolute atomic E-state index is 0.308. The van der Waals surface area contributed by atoms with Crippen LogP contribution in [0.5, 0.6) is 11.5 Å². The number of halogens is 1. The van der Waals surface area contributed by atoms with E-state index in [4.69, 9.17) is 9.47 Å². The van der Waals surface area contributed by atoms with E-state index in [9.17, 15) is 0 Å². The summed E-state index contributed by atoms with van der Waals surface area (Å²) >= 11 is 5.55. The third kappa shape index (κ3) is 2.95. The fraction of sp³-hybridized carbons (Fsp3) is 0.538. The second-order valence-corrected chi connectivity index (χ2v) is 6.40. The van der Waals surface area contributed by atoms with E-state index in [0.717, 1.165) is 16.0 Å². The summed E-state index contributed by atoms with van der Waals surface area (Å²) in [6.07, 6.45) is 1.21. The molecule has 5 heteroatoms. The van der Waals surface area contributed by atoms with Crippen LogP contribution in [0.1, 0.15) is 24.3 Å². The Morgan fingerprint density at radius 1 is 1.28 bits per heavy atom. The summed E-state index contributed by atoms with van der Waals surface area (Å²) in [6, 6.07) is 4.57. The van der Waals surface area contributed by atoms with E-state index in [1.807, 2.05) is 23.9 Å². The molecule has 0 bridgehead atoms. The Morgan fingerprint density at radius 3 is 2.56 bits per heavy atom. The average molecular weight is 332 g/mol. The molecule has 0 radical (unpaired) electrons. The highest BCUT2D eigenvalue weighted by Crippen LogP contribution is 2.41. The number of methoxy groups -OCH3 is 2. The summed E-state index contributed by atoms with van der Waals surface area (Å²) in [7, 11) is 3.32. The highest BCUT2D eigenvalue weighted by Gasteiger charge is 2.23. The van der Waals surface area contributed by atoms with Crippen molar-refractivity contribution in [1.29, 1.82) is 0 Å². The molecule has 3 nitrogen and oxygen atoms in total. The third-order valence-electron chi connectivity index (χ3n) is 3.06. The maximum absolute atomic E-state index is 5.37. The summed E-state index contributed by atoms with van der Waals surface area (Å²) in [5, 5.41) is 3.91. The summed E-state index contributed by atoms with van der Waals surface area (Å²) in [6.45, 7) is 2.22. The van der Waals surface area contributed by atoms with Crippen molar-refractivity contribution in [3.05, 3.63) is 22.2 Å². The van der Waals surface area contributed by atoms with Crippen LogP contribution >= 0.6 is 27.7 Å². The van der Waals surface area contributed by atoms with Gasteiger partial charge in [-0.2, -0.15) is 0 Å². The van der Waals surface area contributed by atoms with E-state index in [1.165, 1.54) is 17.7 Å². The molecule has 100 valence electrons. The van der Waals surface area contributed by atoms with Crippen molar-refractivity contribution in [2.45, 2.75) is 24.8 Å². The van der Waals surface area contributed by atoms with Gasteiger partial charge < -0.3 is 9.47 Å². The second kappa shape index (κ2) is 6.17. The van der Waals surface area contributed by atoms with Gasteiger partial charge in [0.05, 0.1) is 19.6 Å². The van der Waals surface area contributed by atoms with Gasteiger partial charge in [0.15, 0.2) is 11.5 Å². The van der Waals surface area contributed by atoms with Gasteiger partial charge in [0.25, 0.3) is 0 Å². The van der Waals surface area contributed by atoms with E-state index < -0.39 is 0 Å². The summed E-state index contributed by atoms with van der Waals surface area (Å²) < 4.78 is 11.7. The molecule has 1 aromatic carbocycles. The number of ether oxygens (including phenoxy) is 2. The minimum Gasteiger partial charge on any atom is -0.493 e. The molecule has 1 N–H and O–H groups in total. The van der Waals surface area contributed by atoms with Gasteiger partial charge in [0, 0.05) is 10.5 Å². The van der Waals surface area contributed by atoms with Gasteiger partial charge in [-0.15, -0.1) is 11.8 Å². The summed E-state index contributed by atoms with van der Waals surface area (Å²) in [4.78, 5) is 0. The van der Waals surface area contributed by atoms with Crippen LogP contribution in [0.2, 0.25) is 0 Å².